The molecule has 1 aliphatic heterocycles. The van der Waals surface area contributed by atoms with Crippen LogP contribution < -0.4 is 102 Å². The quantitative estimate of drug-likeness (QED) is 0.0188. The zero-order valence-electron chi connectivity index (χ0n) is 86.7. The average Bonchev–Trinajstić information content (AvgIpc) is 0.836. The highest BCUT2D eigenvalue weighted by Crippen LogP contribution is 2.26. The van der Waals surface area contributed by atoms with E-state index in [0.717, 1.165) is 0 Å². The van der Waals surface area contributed by atoms with Crippen molar-refractivity contribution in [3.63, 3.8) is 0 Å². The standard InChI is InChI=1S/C105H152N20O25/c1-61(2)52-77-95(142)115-78(53-62(3)4)99(146)124-104(8,102(149)122-75(45-47-87(134)135)93(140)119-82(58-84(107)130)97(144)113-76(89(108)136)54-66-32-20-17-21-33-66)48-28-15-13-11-10-12-14-16-29-49-105(9,125-100(147)80(55-67-34-22-18-23-35-67)117-98(145)83(60-126)120-101(148)88(64(6)127)123-85(131)39-24-19-31-51-109-91(138)73(112-65(7)128)38-27-30-50-106)103(150)121-74(44-46-86(132)133)92(139)116-79(56-68-40-42-70(129)43-41-68)96(143)118-81(94(141)111-63(5)90(137)114-77)57-69-59-110-72-37-26-25-36-71(69)72/h11,13,17-18,20-23,25-26,32-37,40-43,59,61-64,73-83,88,110,126-127,129H,10,12,14-16,19,24,27-31,38-39,44-58,60,106H2,1-9H3,(H2,107,130)(H2,108,136)(H,109,138)(H,111,141)(H,112,128)(H,113,144)(H,114,137)(H,115,142)(H,116,139)(H,117,145)(H,118,143)(H,119,140)(H,120,148)(H,121,150)(H,122,149)(H,123,131)(H,124,146)(H,125,147)(H,132,133)(H,134,135)/b13-11-/t63-,64+,73?,74-,75-,76-,77-,78-,79-,80-,81-,82-,83-,88-,104-,105-/m0/s1. The number of nitrogens with one attached hydrogen (secondary N) is 17. The summed E-state index contributed by atoms with van der Waals surface area (Å²) in [6.45, 7) is 12.8. The minimum absolute atomic E-state index is 0.0805. The summed E-state index contributed by atoms with van der Waals surface area (Å²) in [6.07, 6.45) is 2.58. The number of aromatic nitrogens is 1. The fourth-order valence-electron chi connectivity index (χ4n) is 16.9. The molecule has 1 unspecified atom stereocenters. The summed E-state index contributed by atoms with van der Waals surface area (Å²) in [5, 5.41) is 94.8. The number of primary amides is 2. The van der Waals surface area contributed by atoms with E-state index in [9.17, 15) is 87.9 Å². The SMILES string of the molecule is CC(=O)NC(CCCCN)C(=O)NCCCCCC(=O)N[C@H](C(=O)N[C@@H](CO)C(=O)N[C@@H](Cc1ccccc1)C(=O)N[C@@]1(C)CCCCCC/C=C\CCC[C@@](C)(C(=O)N[C@@H](CCC(=O)O)C(=O)N[C@@H](CC(N)=O)C(=O)N[C@@H](Cc2ccccc2)C(N)=O)NC(=O)[C@H](CC(C)C)NC(=O)[C@H](CC(C)C)NC(=O)[C@H](C)NC(=O)[C@H](Cc2c[nH]c3ccccc23)NC(=O)[C@H](Cc2ccc(O)cc2)NC(=O)[C@H](CCC(=O)O)NC1=O)[C@@H](C)O. The molecule has 0 spiro atoms. The number of hydrogen-bond acceptors (Lipinski definition) is 24. The maximum absolute atomic E-state index is 15.7. The topological polar surface area (TPSA) is 729 Å². The Bertz CT molecular complexity index is 5410. The Morgan fingerprint density at radius 1 is 0.480 bits per heavy atom. The van der Waals surface area contributed by atoms with Crippen LogP contribution in [0, 0.1) is 11.8 Å². The first-order valence-electron chi connectivity index (χ1n) is 51.0. The third-order valence-corrected chi connectivity index (χ3v) is 25.3. The molecule has 150 heavy (non-hydrogen) atoms. The van der Waals surface area contributed by atoms with Gasteiger partial charge in [-0.3, -0.25) is 95.9 Å². The number of unbranched alkanes of at least 4 members (excludes halogenated alkanes) is 3. The lowest BCUT2D eigenvalue weighted by atomic mass is 9.91. The lowest BCUT2D eigenvalue weighted by Crippen LogP contribution is -2.65. The molecule has 4 aromatic carbocycles. The van der Waals surface area contributed by atoms with Crippen LogP contribution in [-0.2, 0) is 122 Å². The summed E-state index contributed by atoms with van der Waals surface area (Å²) in [5.74, 6) is -21.2. The van der Waals surface area contributed by atoms with Crippen LogP contribution in [0.15, 0.2) is 128 Å². The monoisotopic (exact) mass is 2090 g/mol. The molecule has 45 heteroatoms. The number of aromatic amines is 1. The maximum Gasteiger partial charge on any atom is 0.303 e. The Balaban J connectivity index is 1.40. The van der Waals surface area contributed by atoms with E-state index in [-0.39, 0.29) is 113 Å². The van der Waals surface area contributed by atoms with Gasteiger partial charge in [0.25, 0.3) is 0 Å². The fraction of sp³-hybridized carbons (Fsp3) is 0.543. The van der Waals surface area contributed by atoms with Gasteiger partial charge in [0.2, 0.25) is 106 Å². The number of fused-ring (bicyclic) bond motifs is 1. The van der Waals surface area contributed by atoms with Crippen molar-refractivity contribution in [2.45, 2.75) is 331 Å². The molecule has 0 saturated heterocycles. The second kappa shape index (κ2) is 63.2. The normalized spacial score (nSPS) is 20.6. The Morgan fingerprint density at radius 3 is 1.61 bits per heavy atom. The number of hydrogen-bond donors (Lipinski definition) is 25. The first-order chi connectivity index (χ1) is 71.1. The van der Waals surface area contributed by atoms with Crippen molar-refractivity contribution >= 4 is 129 Å². The van der Waals surface area contributed by atoms with Gasteiger partial charge in [0.1, 0.15) is 95.4 Å². The van der Waals surface area contributed by atoms with Crippen LogP contribution in [0.2, 0.25) is 0 Å². The van der Waals surface area contributed by atoms with Crippen molar-refractivity contribution in [3.05, 3.63) is 150 Å². The van der Waals surface area contributed by atoms with Crippen molar-refractivity contribution in [1.29, 1.82) is 0 Å². The number of amides is 18. The molecular formula is C105H152N20O25. The van der Waals surface area contributed by atoms with Gasteiger partial charge in [0.05, 0.1) is 19.1 Å². The number of aromatic hydroxyl groups is 1. The number of carbonyl (C=O) groups is 20. The number of nitrogens with two attached hydrogens (primary N) is 3. The van der Waals surface area contributed by atoms with Crippen molar-refractivity contribution in [1.82, 2.24) is 90.1 Å². The van der Waals surface area contributed by atoms with E-state index in [2.05, 4.69) is 90.1 Å². The number of phenols is 1. The molecule has 0 radical (unpaired) electrons. The number of aliphatic hydroxyl groups excluding tert-OH is 2. The van der Waals surface area contributed by atoms with Crippen LogP contribution in [0.3, 0.4) is 0 Å². The van der Waals surface area contributed by atoms with Crippen LogP contribution >= 0.6 is 0 Å². The number of phenolic OH excluding ortho intramolecular Hbond substituents is 1. The molecule has 0 aliphatic carbocycles. The van der Waals surface area contributed by atoms with Crippen molar-refractivity contribution in [2.24, 2.45) is 29.0 Å². The van der Waals surface area contributed by atoms with Crippen LogP contribution in [0.4, 0.5) is 0 Å². The minimum Gasteiger partial charge on any atom is -0.508 e. The van der Waals surface area contributed by atoms with Crippen molar-refractivity contribution in [3.8, 4) is 5.75 Å². The summed E-state index contributed by atoms with van der Waals surface area (Å²) < 4.78 is 0. The van der Waals surface area contributed by atoms with Gasteiger partial charge in [-0.15, -0.1) is 0 Å². The van der Waals surface area contributed by atoms with Gasteiger partial charge < -0.3 is 133 Å². The van der Waals surface area contributed by atoms with E-state index < -0.39 is 247 Å². The number of carbonyl (C=O) groups excluding carboxylic acids is 18. The highest BCUT2D eigenvalue weighted by molar-refractivity contribution is 6.03. The lowest BCUT2D eigenvalue weighted by molar-refractivity contribution is -0.140. The number of benzene rings is 4. The van der Waals surface area contributed by atoms with E-state index in [4.69, 9.17) is 17.2 Å². The molecule has 6 rings (SSSR count). The lowest BCUT2D eigenvalue weighted by Gasteiger charge is -2.34. The molecule has 18 amide bonds. The molecule has 0 fully saturated rings. The summed E-state index contributed by atoms with van der Waals surface area (Å²) in [6, 6.07) is 7.96. The Kier molecular flexibility index (Phi) is 52.2. The number of rotatable bonds is 48. The minimum atomic E-state index is -2.15. The maximum atomic E-state index is 15.7. The third-order valence-electron chi connectivity index (χ3n) is 25.3. The Hall–Kier alpha value is -14.8. The van der Waals surface area contributed by atoms with Crippen LogP contribution in [-0.4, -0.2) is 264 Å². The van der Waals surface area contributed by atoms with E-state index in [1.54, 1.807) is 125 Å². The first-order valence-corrected chi connectivity index (χ1v) is 51.0. The average molecular weight is 2090 g/mol. The Labute approximate surface area is 872 Å². The van der Waals surface area contributed by atoms with Gasteiger partial charge in [0, 0.05) is 75.5 Å². The molecule has 2 heterocycles. The van der Waals surface area contributed by atoms with E-state index >= 15 is 33.6 Å². The van der Waals surface area contributed by atoms with Crippen LogP contribution in [0.25, 0.3) is 10.9 Å². The number of allylic oxidation sites excluding steroid dienone is 2. The molecule has 5 aromatic rings. The largest absolute Gasteiger partial charge is 0.508 e. The molecule has 28 N–H and O–H groups in total. The molecule has 45 nitrogen and oxygen atoms in total. The highest BCUT2D eigenvalue weighted by Gasteiger charge is 2.44. The molecule has 1 aliphatic rings. The van der Waals surface area contributed by atoms with Gasteiger partial charge in [-0.25, -0.2) is 0 Å². The molecule has 1 aromatic heterocycles. The molecule has 822 valence electrons. The summed E-state index contributed by atoms with van der Waals surface area (Å²) in [5.41, 5.74) is 15.0. The van der Waals surface area contributed by atoms with Gasteiger partial charge >= 0.3 is 11.9 Å². The fourth-order valence-corrected chi connectivity index (χ4v) is 16.9. The predicted molar refractivity (Wildman–Crippen MR) is 553 cm³/mol. The van der Waals surface area contributed by atoms with Gasteiger partial charge in [-0.2, -0.15) is 0 Å². The number of aliphatic hydroxyl groups is 2. The van der Waals surface area contributed by atoms with Gasteiger partial charge in [-0.1, -0.05) is 157 Å². The third kappa shape index (κ3) is 43.6. The summed E-state index contributed by atoms with van der Waals surface area (Å²) in [7, 11) is 0. The molecule has 16 atom stereocenters. The number of para-hydroxylation sites is 1. The second-order valence-electron chi connectivity index (χ2n) is 39.3. The molecular weight excluding hydrogens is 1940 g/mol. The summed E-state index contributed by atoms with van der Waals surface area (Å²) >= 11 is 0. The Morgan fingerprint density at radius 2 is 1.01 bits per heavy atom. The molecule has 0 saturated carbocycles. The smallest absolute Gasteiger partial charge is 0.303 e. The van der Waals surface area contributed by atoms with Gasteiger partial charge in [-0.05, 0) is 183 Å². The predicted octanol–water partition coefficient (Wildman–Crippen LogP) is 0.678. The second-order valence-corrected chi connectivity index (χ2v) is 39.3. The van der Waals surface area contributed by atoms with Crippen molar-refractivity contribution in [2.75, 3.05) is 19.7 Å². The van der Waals surface area contributed by atoms with E-state index in [1.807, 2.05) is 6.08 Å². The van der Waals surface area contributed by atoms with Crippen molar-refractivity contribution < 1.29 is 121 Å². The highest BCUT2D eigenvalue weighted by atomic mass is 16.4. The zero-order chi connectivity index (χ0) is 111. The van der Waals surface area contributed by atoms with Crippen LogP contribution in [0.5, 0.6) is 5.75 Å². The zero-order valence-corrected chi connectivity index (χ0v) is 86.7. The van der Waals surface area contributed by atoms with Gasteiger partial charge in [0.15, 0.2) is 0 Å². The van der Waals surface area contributed by atoms with Crippen LogP contribution in [0.1, 0.15) is 232 Å². The number of carboxylic acid groups (broad SMARTS) is 2. The molecule has 0 bridgehead atoms. The van der Waals surface area contributed by atoms with E-state index in [0.29, 0.717) is 97.5 Å². The van der Waals surface area contributed by atoms with E-state index in [1.165, 1.54) is 58.9 Å². The first kappa shape index (κ1) is 124. The number of carboxylic acids is 2. The summed E-state index contributed by atoms with van der Waals surface area (Å²) in [4.78, 5) is 286. The number of H-pyrrole nitrogens is 1. The number of aliphatic carboxylic acids is 2.